The van der Waals surface area contributed by atoms with Crippen LogP contribution in [0, 0.1) is 5.82 Å². The first-order valence-electron chi connectivity index (χ1n) is 6.24. The average molecular weight is 265 g/mol. The van der Waals surface area contributed by atoms with Gasteiger partial charge in [0.05, 0.1) is 0 Å². The Labute approximate surface area is 115 Å². The molecule has 0 radical (unpaired) electrons. The van der Waals surface area contributed by atoms with Crippen molar-refractivity contribution >= 4 is 22.2 Å². The molecule has 0 heterocycles. The van der Waals surface area contributed by atoms with Crippen LogP contribution in [0.2, 0.25) is 0 Å². The smallest absolute Gasteiger partial charge is 0.195 e. The Kier molecular flexibility index (Phi) is 2.95. The third-order valence-corrected chi connectivity index (χ3v) is 3.27. The van der Waals surface area contributed by atoms with Gasteiger partial charge in [-0.2, -0.15) is 0 Å². The molecule has 0 atom stereocenters. The summed E-state index contributed by atoms with van der Waals surface area (Å²) >= 11 is 0. The van der Waals surface area contributed by atoms with Crippen molar-refractivity contribution in [1.29, 1.82) is 0 Å². The van der Waals surface area contributed by atoms with Gasteiger partial charge in [0, 0.05) is 16.8 Å². The molecule has 0 bridgehead atoms. The number of hydrogen-bond donors (Lipinski definition) is 1. The number of nitrogens with two attached hydrogens (primary N) is 1. The fraction of sp³-hybridized carbons (Fsp3) is 0. The number of rotatable bonds is 2. The molecule has 0 unspecified atom stereocenters. The molecule has 20 heavy (non-hydrogen) atoms. The van der Waals surface area contributed by atoms with E-state index in [4.69, 9.17) is 5.73 Å². The van der Waals surface area contributed by atoms with Gasteiger partial charge in [-0.25, -0.2) is 4.39 Å². The van der Waals surface area contributed by atoms with Crippen molar-refractivity contribution in [2.45, 2.75) is 0 Å². The molecule has 98 valence electrons. The van der Waals surface area contributed by atoms with Crippen molar-refractivity contribution in [1.82, 2.24) is 0 Å². The Balaban J connectivity index is 2.10. The number of carbonyl (C=O) groups excluding carboxylic acids is 1. The van der Waals surface area contributed by atoms with Crippen LogP contribution in [0.3, 0.4) is 0 Å². The summed E-state index contributed by atoms with van der Waals surface area (Å²) in [5, 5.41) is 2.02. The Bertz CT molecular complexity index is 811. The first-order chi connectivity index (χ1) is 9.65. The normalized spacial score (nSPS) is 10.7. The molecule has 0 saturated heterocycles. The zero-order valence-electron chi connectivity index (χ0n) is 10.6. The highest BCUT2D eigenvalue weighted by atomic mass is 19.1. The van der Waals surface area contributed by atoms with Gasteiger partial charge in [0.25, 0.3) is 0 Å². The van der Waals surface area contributed by atoms with Crippen LogP contribution in [-0.4, -0.2) is 5.78 Å². The molecule has 0 amide bonds. The van der Waals surface area contributed by atoms with Crippen molar-refractivity contribution in [3.63, 3.8) is 0 Å². The van der Waals surface area contributed by atoms with E-state index >= 15 is 0 Å². The van der Waals surface area contributed by atoms with Crippen LogP contribution in [-0.2, 0) is 0 Å². The van der Waals surface area contributed by atoms with Crippen LogP contribution in [0.1, 0.15) is 15.9 Å². The topological polar surface area (TPSA) is 43.1 Å². The maximum atomic E-state index is 13.3. The van der Waals surface area contributed by atoms with E-state index in [0.717, 1.165) is 10.8 Å². The summed E-state index contributed by atoms with van der Waals surface area (Å²) < 4.78 is 13.3. The van der Waals surface area contributed by atoms with E-state index in [1.165, 1.54) is 18.2 Å². The lowest BCUT2D eigenvalue weighted by molar-refractivity contribution is 0.103. The number of fused-ring (bicyclic) bond motifs is 1. The molecule has 3 aromatic rings. The van der Waals surface area contributed by atoms with E-state index in [9.17, 15) is 9.18 Å². The molecule has 2 nitrogen and oxygen atoms in total. The first kappa shape index (κ1) is 12.4. The lowest BCUT2D eigenvalue weighted by atomic mass is 9.99. The standard InChI is InChI=1S/C17H12FNO/c18-14-7-8-16(19)15(10-14)17(20)13-6-5-11-3-1-2-4-12(11)9-13/h1-10H,19H2. The van der Waals surface area contributed by atoms with E-state index in [1.807, 2.05) is 30.3 Å². The Hall–Kier alpha value is -2.68. The van der Waals surface area contributed by atoms with Gasteiger partial charge in [-0.05, 0) is 35.0 Å². The highest BCUT2D eigenvalue weighted by Crippen LogP contribution is 2.21. The molecule has 0 aromatic heterocycles. The van der Waals surface area contributed by atoms with E-state index in [0.29, 0.717) is 5.56 Å². The molecule has 0 aliphatic heterocycles. The number of halogens is 1. The fourth-order valence-electron chi connectivity index (χ4n) is 2.21. The van der Waals surface area contributed by atoms with Crippen LogP contribution in [0.5, 0.6) is 0 Å². The Morgan fingerprint density at radius 2 is 1.65 bits per heavy atom. The summed E-state index contributed by atoms with van der Waals surface area (Å²) in [5.74, 6) is -0.740. The van der Waals surface area contributed by atoms with E-state index < -0.39 is 5.82 Å². The molecular weight excluding hydrogens is 253 g/mol. The van der Waals surface area contributed by atoms with Crippen LogP contribution in [0.25, 0.3) is 10.8 Å². The van der Waals surface area contributed by atoms with Gasteiger partial charge in [-0.15, -0.1) is 0 Å². The van der Waals surface area contributed by atoms with Crippen molar-refractivity contribution in [2.75, 3.05) is 5.73 Å². The number of benzene rings is 3. The predicted molar refractivity (Wildman–Crippen MR) is 78.2 cm³/mol. The predicted octanol–water partition coefficient (Wildman–Crippen LogP) is 3.79. The van der Waals surface area contributed by atoms with Gasteiger partial charge >= 0.3 is 0 Å². The molecule has 0 fully saturated rings. The number of ketones is 1. The van der Waals surface area contributed by atoms with Crippen molar-refractivity contribution in [3.05, 3.63) is 77.6 Å². The molecule has 0 aliphatic rings. The summed E-state index contributed by atoms with van der Waals surface area (Å²) in [6.07, 6.45) is 0. The minimum absolute atomic E-state index is 0.195. The second-order valence-corrected chi connectivity index (χ2v) is 4.62. The van der Waals surface area contributed by atoms with Crippen molar-refractivity contribution in [3.8, 4) is 0 Å². The van der Waals surface area contributed by atoms with Crippen molar-refractivity contribution < 1.29 is 9.18 Å². The summed E-state index contributed by atoms with van der Waals surface area (Å²) in [4.78, 5) is 12.4. The quantitative estimate of drug-likeness (QED) is 0.566. The molecular formula is C17H12FNO. The monoisotopic (exact) mass is 265 g/mol. The summed E-state index contributed by atoms with van der Waals surface area (Å²) in [6.45, 7) is 0. The zero-order chi connectivity index (χ0) is 14.1. The van der Waals surface area contributed by atoms with Crippen LogP contribution >= 0.6 is 0 Å². The van der Waals surface area contributed by atoms with Crippen LogP contribution in [0.15, 0.2) is 60.7 Å². The van der Waals surface area contributed by atoms with Gasteiger partial charge < -0.3 is 5.73 Å². The largest absolute Gasteiger partial charge is 0.398 e. The number of hydrogen-bond acceptors (Lipinski definition) is 2. The van der Waals surface area contributed by atoms with Crippen molar-refractivity contribution in [2.24, 2.45) is 0 Å². The maximum absolute atomic E-state index is 13.3. The SMILES string of the molecule is Nc1ccc(F)cc1C(=O)c1ccc2ccccc2c1. The summed E-state index contributed by atoms with van der Waals surface area (Å²) in [7, 11) is 0. The Morgan fingerprint density at radius 3 is 2.45 bits per heavy atom. The van der Waals surface area contributed by atoms with Gasteiger partial charge in [-0.3, -0.25) is 4.79 Å². The second kappa shape index (κ2) is 4.78. The molecule has 0 aliphatic carbocycles. The third kappa shape index (κ3) is 2.14. The van der Waals surface area contributed by atoms with E-state index in [1.54, 1.807) is 12.1 Å². The lowest BCUT2D eigenvalue weighted by Gasteiger charge is -2.06. The zero-order valence-corrected chi connectivity index (χ0v) is 10.6. The highest BCUT2D eigenvalue weighted by molar-refractivity contribution is 6.13. The van der Waals surface area contributed by atoms with Gasteiger partial charge in [0.15, 0.2) is 5.78 Å². The lowest BCUT2D eigenvalue weighted by Crippen LogP contribution is -2.05. The number of anilines is 1. The molecule has 0 saturated carbocycles. The summed E-state index contributed by atoms with van der Waals surface area (Å²) in [5.41, 5.74) is 6.73. The second-order valence-electron chi connectivity index (χ2n) is 4.62. The third-order valence-electron chi connectivity index (χ3n) is 3.27. The maximum Gasteiger partial charge on any atom is 0.195 e. The first-order valence-corrected chi connectivity index (χ1v) is 6.24. The Morgan fingerprint density at radius 1 is 0.900 bits per heavy atom. The molecule has 3 aromatic carbocycles. The minimum Gasteiger partial charge on any atom is -0.398 e. The van der Waals surface area contributed by atoms with Gasteiger partial charge in [0.1, 0.15) is 5.82 Å². The van der Waals surface area contributed by atoms with Crippen LogP contribution in [0.4, 0.5) is 10.1 Å². The van der Waals surface area contributed by atoms with E-state index in [-0.39, 0.29) is 17.0 Å². The van der Waals surface area contributed by atoms with E-state index in [2.05, 4.69) is 0 Å². The number of nitrogen functional groups attached to an aromatic ring is 1. The minimum atomic E-state index is -0.469. The molecule has 0 spiro atoms. The van der Waals surface area contributed by atoms with Crippen LogP contribution < -0.4 is 5.73 Å². The van der Waals surface area contributed by atoms with Gasteiger partial charge in [0.2, 0.25) is 0 Å². The highest BCUT2D eigenvalue weighted by Gasteiger charge is 2.13. The average Bonchev–Trinajstić information content (AvgIpc) is 2.48. The molecule has 2 N–H and O–H groups in total. The molecule has 3 heteroatoms. The summed E-state index contributed by atoms with van der Waals surface area (Å²) in [6, 6.07) is 17.0. The number of carbonyl (C=O) groups is 1. The van der Waals surface area contributed by atoms with Gasteiger partial charge in [-0.1, -0.05) is 36.4 Å². The fourth-order valence-corrected chi connectivity index (χ4v) is 2.21. The molecule has 3 rings (SSSR count).